The lowest BCUT2D eigenvalue weighted by atomic mass is 10.1. The number of amides is 1. The van der Waals surface area contributed by atoms with E-state index in [1.807, 2.05) is 29.2 Å². The number of carbonyl (C=O) groups is 1. The first-order chi connectivity index (χ1) is 13.2. The van der Waals surface area contributed by atoms with Gasteiger partial charge >= 0.3 is 0 Å². The topological polar surface area (TPSA) is 34.5 Å². The highest BCUT2D eigenvalue weighted by Gasteiger charge is 2.22. The molecule has 1 amide bonds. The molecule has 0 saturated heterocycles. The molecule has 2 aromatic carbocycles. The van der Waals surface area contributed by atoms with Gasteiger partial charge < -0.3 is 14.2 Å². The molecule has 0 saturated carbocycles. The van der Waals surface area contributed by atoms with E-state index in [0.717, 1.165) is 37.2 Å². The van der Waals surface area contributed by atoms with E-state index in [4.69, 9.17) is 4.74 Å². The lowest BCUT2D eigenvalue weighted by Crippen LogP contribution is -2.32. The number of nitrogens with zero attached hydrogens (tertiary/aromatic N) is 2. The fourth-order valence-corrected chi connectivity index (χ4v) is 4.05. The second-order valence-electron chi connectivity index (χ2n) is 7.25. The second kappa shape index (κ2) is 7.47. The van der Waals surface area contributed by atoms with Gasteiger partial charge in [-0.25, -0.2) is 0 Å². The Morgan fingerprint density at radius 3 is 2.67 bits per heavy atom. The molecule has 0 N–H and O–H groups in total. The van der Waals surface area contributed by atoms with E-state index >= 15 is 0 Å². The highest BCUT2D eigenvalue weighted by atomic mass is 16.5. The molecule has 27 heavy (non-hydrogen) atoms. The van der Waals surface area contributed by atoms with Gasteiger partial charge in [-0.3, -0.25) is 4.79 Å². The summed E-state index contributed by atoms with van der Waals surface area (Å²) < 4.78 is 7.56. The Morgan fingerprint density at radius 2 is 1.93 bits per heavy atom. The van der Waals surface area contributed by atoms with Gasteiger partial charge in [-0.1, -0.05) is 31.2 Å². The summed E-state index contributed by atoms with van der Waals surface area (Å²) >= 11 is 0. The average molecular weight is 362 g/mol. The number of hydrogen-bond donors (Lipinski definition) is 0. The van der Waals surface area contributed by atoms with Gasteiger partial charge in [0.05, 0.1) is 13.5 Å². The summed E-state index contributed by atoms with van der Waals surface area (Å²) in [5.74, 6) is 1.000. The second-order valence-corrected chi connectivity index (χ2v) is 7.25. The molecule has 0 fully saturated rings. The van der Waals surface area contributed by atoms with Crippen molar-refractivity contribution in [3.05, 3.63) is 65.4 Å². The predicted octanol–water partition coefficient (Wildman–Crippen LogP) is 4.19. The summed E-state index contributed by atoms with van der Waals surface area (Å²) in [4.78, 5) is 14.9. The van der Waals surface area contributed by atoms with E-state index in [2.05, 4.69) is 35.9 Å². The van der Waals surface area contributed by atoms with Gasteiger partial charge in [0.2, 0.25) is 5.91 Å². The van der Waals surface area contributed by atoms with Crippen molar-refractivity contribution < 1.29 is 9.53 Å². The van der Waals surface area contributed by atoms with Gasteiger partial charge in [0.15, 0.2) is 0 Å². The van der Waals surface area contributed by atoms with Crippen molar-refractivity contribution in [3.8, 4) is 5.75 Å². The number of hydrogen-bond acceptors (Lipinski definition) is 2. The summed E-state index contributed by atoms with van der Waals surface area (Å²) in [5, 5.41) is 1.35. The van der Waals surface area contributed by atoms with Crippen LogP contribution in [0.5, 0.6) is 5.75 Å². The fourth-order valence-electron chi connectivity index (χ4n) is 4.05. The molecule has 1 aromatic heterocycles. The molecule has 4 heteroatoms. The lowest BCUT2D eigenvalue weighted by Gasteiger charge is -2.21. The first kappa shape index (κ1) is 17.7. The third-order valence-corrected chi connectivity index (χ3v) is 5.41. The quantitative estimate of drug-likeness (QED) is 0.682. The maximum absolute atomic E-state index is 12.9. The van der Waals surface area contributed by atoms with E-state index < -0.39 is 0 Å². The Morgan fingerprint density at radius 1 is 1.11 bits per heavy atom. The van der Waals surface area contributed by atoms with Gasteiger partial charge in [-0.15, -0.1) is 0 Å². The molecule has 0 aliphatic carbocycles. The molecule has 1 aliphatic rings. The molecule has 2 heterocycles. The molecule has 0 atom stereocenters. The van der Waals surface area contributed by atoms with Crippen molar-refractivity contribution >= 4 is 16.8 Å². The van der Waals surface area contributed by atoms with Crippen LogP contribution in [0.25, 0.3) is 10.9 Å². The van der Waals surface area contributed by atoms with Crippen LogP contribution < -0.4 is 4.74 Å². The summed E-state index contributed by atoms with van der Waals surface area (Å²) in [6, 6.07) is 14.2. The van der Waals surface area contributed by atoms with Crippen molar-refractivity contribution in [3.63, 3.8) is 0 Å². The van der Waals surface area contributed by atoms with Crippen LogP contribution >= 0.6 is 0 Å². The van der Waals surface area contributed by atoms with Crippen LogP contribution in [0, 0.1) is 0 Å². The maximum atomic E-state index is 12.9. The van der Waals surface area contributed by atoms with E-state index in [1.165, 1.54) is 22.0 Å². The predicted molar refractivity (Wildman–Crippen MR) is 108 cm³/mol. The Hall–Kier alpha value is -2.75. The summed E-state index contributed by atoms with van der Waals surface area (Å²) in [6.45, 7) is 4.71. The van der Waals surface area contributed by atoms with Crippen molar-refractivity contribution in [1.29, 1.82) is 0 Å². The van der Waals surface area contributed by atoms with Crippen LogP contribution in [0.3, 0.4) is 0 Å². The summed E-state index contributed by atoms with van der Waals surface area (Å²) in [5.41, 5.74) is 4.96. The van der Waals surface area contributed by atoms with E-state index in [1.54, 1.807) is 7.11 Å². The molecule has 140 valence electrons. The fraction of sp³-hybridized carbons (Fsp3) is 0.348. The molecule has 1 aliphatic heterocycles. The normalized spacial score (nSPS) is 13.6. The number of methoxy groups -OCH3 is 1. The van der Waals surface area contributed by atoms with Crippen molar-refractivity contribution in [2.24, 2.45) is 0 Å². The summed E-state index contributed by atoms with van der Waals surface area (Å²) in [6.07, 6.45) is 4.76. The number of aromatic nitrogens is 1. The number of benzene rings is 2. The molecule has 0 spiro atoms. The highest BCUT2D eigenvalue weighted by molar-refractivity contribution is 5.89. The molecular formula is C23H26N2O2. The Balaban J connectivity index is 1.56. The minimum Gasteiger partial charge on any atom is -0.497 e. The number of rotatable bonds is 5. The zero-order chi connectivity index (χ0) is 18.8. The Labute approximate surface area is 160 Å². The monoisotopic (exact) mass is 362 g/mol. The van der Waals surface area contributed by atoms with Crippen molar-refractivity contribution in [2.45, 2.75) is 39.3 Å². The Kier molecular flexibility index (Phi) is 4.88. The number of ether oxygens (including phenoxy) is 1. The van der Waals surface area contributed by atoms with Crippen LogP contribution in [0.4, 0.5) is 0 Å². The molecule has 4 rings (SSSR count). The van der Waals surface area contributed by atoms with Gasteiger partial charge in [0, 0.05) is 36.7 Å². The lowest BCUT2D eigenvalue weighted by molar-refractivity contribution is -0.131. The van der Waals surface area contributed by atoms with Gasteiger partial charge in [0.25, 0.3) is 0 Å². The maximum Gasteiger partial charge on any atom is 0.227 e. The van der Waals surface area contributed by atoms with Crippen molar-refractivity contribution in [2.75, 3.05) is 13.7 Å². The van der Waals surface area contributed by atoms with Gasteiger partial charge in [-0.2, -0.15) is 0 Å². The molecule has 4 nitrogen and oxygen atoms in total. The van der Waals surface area contributed by atoms with E-state index in [0.29, 0.717) is 13.0 Å². The third kappa shape index (κ3) is 3.44. The molecule has 3 aromatic rings. The van der Waals surface area contributed by atoms with Crippen LogP contribution in [-0.4, -0.2) is 29.0 Å². The van der Waals surface area contributed by atoms with Crippen LogP contribution in [-0.2, 0) is 30.7 Å². The molecule has 0 radical (unpaired) electrons. The zero-order valence-corrected chi connectivity index (χ0v) is 16.1. The Bertz CT molecular complexity index is 956. The van der Waals surface area contributed by atoms with Gasteiger partial charge in [0.1, 0.15) is 5.75 Å². The number of aryl methyl sites for hydroxylation is 1. The standard InChI is InChI=1S/C23H26N2O2/c1-3-12-24-15-19-11-13-25(16-18-5-4-6-21(24)23(18)19)22(26)14-17-7-9-20(27-2)10-8-17/h4-10,15H,3,11-14,16H2,1-2H3. The van der Waals surface area contributed by atoms with Crippen LogP contribution in [0.2, 0.25) is 0 Å². The first-order valence-electron chi connectivity index (χ1n) is 9.70. The van der Waals surface area contributed by atoms with Crippen molar-refractivity contribution in [1.82, 2.24) is 9.47 Å². The average Bonchev–Trinajstić information content (AvgIpc) is 2.92. The first-order valence-corrected chi connectivity index (χ1v) is 9.70. The van der Waals surface area contributed by atoms with Gasteiger partial charge in [-0.05, 0) is 47.7 Å². The minimum absolute atomic E-state index is 0.184. The SMILES string of the molecule is CCCn1cc2c3c(cccc31)CN(C(=O)Cc1ccc(OC)cc1)CC2. The molecular weight excluding hydrogens is 336 g/mol. The zero-order valence-electron chi connectivity index (χ0n) is 16.1. The summed E-state index contributed by atoms with van der Waals surface area (Å²) in [7, 11) is 1.65. The molecule has 0 unspecified atom stereocenters. The highest BCUT2D eigenvalue weighted by Crippen LogP contribution is 2.30. The minimum atomic E-state index is 0.184. The smallest absolute Gasteiger partial charge is 0.227 e. The van der Waals surface area contributed by atoms with Crippen LogP contribution in [0.1, 0.15) is 30.0 Å². The third-order valence-electron chi connectivity index (χ3n) is 5.41. The van der Waals surface area contributed by atoms with Crippen LogP contribution in [0.15, 0.2) is 48.7 Å². The number of carbonyl (C=O) groups excluding carboxylic acids is 1. The largest absolute Gasteiger partial charge is 0.497 e. The van der Waals surface area contributed by atoms with E-state index in [-0.39, 0.29) is 5.91 Å². The molecule has 0 bridgehead atoms. The van der Waals surface area contributed by atoms with E-state index in [9.17, 15) is 4.79 Å².